The van der Waals surface area contributed by atoms with E-state index in [1.54, 1.807) is 31.2 Å². The van der Waals surface area contributed by atoms with Crippen molar-refractivity contribution in [2.75, 3.05) is 17.2 Å². The molecule has 2 rings (SSSR count). The van der Waals surface area contributed by atoms with E-state index >= 15 is 0 Å². The first kappa shape index (κ1) is 20.2. The molecule has 2 N–H and O–H groups in total. The Morgan fingerprint density at radius 3 is 2.33 bits per heavy atom. The first-order valence-electron chi connectivity index (χ1n) is 8.90. The van der Waals surface area contributed by atoms with E-state index in [0.717, 1.165) is 23.2 Å². The van der Waals surface area contributed by atoms with Crippen LogP contribution < -0.4 is 10.6 Å². The van der Waals surface area contributed by atoms with Gasteiger partial charge in [0.15, 0.2) is 0 Å². The average Bonchev–Trinajstić information content (AvgIpc) is 2.63. The molecule has 0 saturated carbocycles. The topological polar surface area (TPSA) is 84.5 Å². The zero-order valence-corrected chi connectivity index (χ0v) is 15.8. The Balaban J connectivity index is 2.05. The van der Waals surface area contributed by atoms with Gasteiger partial charge < -0.3 is 15.4 Å². The number of anilines is 2. The molecule has 6 nitrogen and oxygen atoms in total. The van der Waals surface area contributed by atoms with Gasteiger partial charge in [-0.05, 0) is 43.5 Å². The maximum Gasteiger partial charge on any atom is 0.340 e. The molecule has 2 amide bonds. The van der Waals surface area contributed by atoms with E-state index < -0.39 is 17.8 Å². The summed E-state index contributed by atoms with van der Waals surface area (Å²) in [7, 11) is 0. The third kappa shape index (κ3) is 5.41. The van der Waals surface area contributed by atoms with Gasteiger partial charge in [-0.3, -0.25) is 9.59 Å². The summed E-state index contributed by atoms with van der Waals surface area (Å²) in [6.07, 6.45) is 0.422. The van der Waals surface area contributed by atoms with Gasteiger partial charge in [-0.15, -0.1) is 0 Å². The number of aryl methyl sites for hydroxylation is 2. The molecular formula is C21H24N2O4. The first-order valence-corrected chi connectivity index (χ1v) is 8.90. The van der Waals surface area contributed by atoms with E-state index in [1.807, 2.05) is 32.0 Å². The van der Waals surface area contributed by atoms with Crippen molar-refractivity contribution in [3.63, 3.8) is 0 Å². The lowest BCUT2D eigenvalue weighted by Crippen LogP contribution is -2.23. The highest BCUT2D eigenvalue weighted by Crippen LogP contribution is 2.21. The minimum atomic E-state index is -0.523. The van der Waals surface area contributed by atoms with Crippen LogP contribution in [0.3, 0.4) is 0 Å². The SMILES string of the molecule is CCOC(=O)c1ccccc1NC(=O)CC(=O)Nc1c(C)cccc1CC. The molecule has 0 unspecified atom stereocenters. The Morgan fingerprint density at radius 1 is 0.926 bits per heavy atom. The van der Waals surface area contributed by atoms with Crippen LogP contribution in [0.4, 0.5) is 11.4 Å². The number of hydrogen-bond donors (Lipinski definition) is 2. The van der Waals surface area contributed by atoms with Crippen molar-refractivity contribution in [1.82, 2.24) is 0 Å². The van der Waals surface area contributed by atoms with Crippen LogP contribution in [0, 0.1) is 6.92 Å². The van der Waals surface area contributed by atoms with Gasteiger partial charge >= 0.3 is 5.97 Å². The van der Waals surface area contributed by atoms with Crippen molar-refractivity contribution in [3.8, 4) is 0 Å². The largest absolute Gasteiger partial charge is 0.462 e. The first-order chi connectivity index (χ1) is 13.0. The number of carbonyl (C=O) groups excluding carboxylic acids is 3. The van der Waals surface area contributed by atoms with Crippen LogP contribution in [-0.2, 0) is 20.7 Å². The minimum absolute atomic E-state index is 0.236. The quantitative estimate of drug-likeness (QED) is 0.576. The van der Waals surface area contributed by atoms with Gasteiger partial charge in [0, 0.05) is 5.69 Å². The second-order valence-electron chi connectivity index (χ2n) is 6.00. The molecule has 0 aromatic heterocycles. The third-order valence-electron chi connectivity index (χ3n) is 4.02. The summed E-state index contributed by atoms with van der Waals surface area (Å²) in [4.78, 5) is 36.5. The fourth-order valence-corrected chi connectivity index (χ4v) is 2.70. The summed E-state index contributed by atoms with van der Waals surface area (Å²) in [6.45, 7) is 5.85. The molecule has 0 spiro atoms. The molecule has 0 atom stereocenters. The average molecular weight is 368 g/mol. The Kier molecular flexibility index (Phi) is 7.11. The predicted molar refractivity (Wildman–Crippen MR) is 105 cm³/mol. The lowest BCUT2D eigenvalue weighted by Gasteiger charge is -2.13. The van der Waals surface area contributed by atoms with Crippen LogP contribution in [0.2, 0.25) is 0 Å². The number of rotatable bonds is 7. The normalized spacial score (nSPS) is 10.2. The lowest BCUT2D eigenvalue weighted by atomic mass is 10.1. The standard InChI is InChI=1S/C21H24N2O4/c1-4-15-10-8-9-14(3)20(15)23-19(25)13-18(24)22-17-12-7-6-11-16(17)21(26)27-5-2/h6-12H,4-5,13H2,1-3H3,(H,22,24)(H,23,25). The molecule has 27 heavy (non-hydrogen) atoms. The molecule has 0 aliphatic heterocycles. The molecule has 0 aliphatic carbocycles. The van der Waals surface area contributed by atoms with Gasteiger partial charge in [0.25, 0.3) is 0 Å². The maximum atomic E-state index is 12.3. The molecule has 0 saturated heterocycles. The van der Waals surface area contributed by atoms with Gasteiger partial charge in [-0.25, -0.2) is 4.79 Å². The van der Waals surface area contributed by atoms with Crippen molar-refractivity contribution < 1.29 is 19.1 Å². The Hall–Kier alpha value is -3.15. The second kappa shape index (κ2) is 9.52. The molecule has 0 radical (unpaired) electrons. The predicted octanol–water partition coefficient (Wildman–Crippen LogP) is 3.70. The molecule has 0 aliphatic rings. The van der Waals surface area contributed by atoms with Crippen LogP contribution in [-0.4, -0.2) is 24.4 Å². The monoisotopic (exact) mass is 368 g/mol. The van der Waals surface area contributed by atoms with E-state index in [9.17, 15) is 14.4 Å². The highest BCUT2D eigenvalue weighted by atomic mass is 16.5. The second-order valence-corrected chi connectivity index (χ2v) is 6.00. The van der Waals surface area contributed by atoms with Crippen LogP contribution in [0.25, 0.3) is 0 Å². The third-order valence-corrected chi connectivity index (χ3v) is 4.02. The summed E-state index contributed by atoms with van der Waals surface area (Å²) < 4.78 is 4.98. The smallest absolute Gasteiger partial charge is 0.340 e. The van der Waals surface area contributed by atoms with Gasteiger partial charge in [-0.2, -0.15) is 0 Å². The lowest BCUT2D eigenvalue weighted by molar-refractivity contribution is -0.123. The number of hydrogen-bond acceptors (Lipinski definition) is 4. The van der Waals surface area contributed by atoms with Crippen molar-refractivity contribution >= 4 is 29.2 Å². The number of para-hydroxylation sites is 2. The van der Waals surface area contributed by atoms with Gasteiger partial charge in [0.1, 0.15) is 6.42 Å². The van der Waals surface area contributed by atoms with Crippen molar-refractivity contribution in [2.24, 2.45) is 0 Å². The van der Waals surface area contributed by atoms with Crippen molar-refractivity contribution in [2.45, 2.75) is 33.6 Å². The van der Waals surface area contributed by atoms with Crippen molar-refractivity contribution in [3.05, 3.63) is 59.2 Å². The van der Waals surface area contributed by atoms with E-state index in [0.29, 0.717) is 5.69 Å². The zero-order chi connectivity index (χ0) is 19.8. The number of esters is 1. The van der Waals surface area contributed by atoms with Crippen LogP contribution in [0.5, 0.6) is 0 Å². The molecule has 0 fully saturated rings. The minimum Gasteiger partial charge on any atom is -0.462 e. The highest BCUT2D eigenvalue weighted by molar-refractivity contribution is 6.10. The number of nitrogens with one attached hydrogen (secondary N) is 2. The van der Waals surface area contributed by atoms with Crippen LogP contribution in [0.15, 0.2) is 42.5 Å². The fraction of sp³-hybridized carbons (Fsp3) is 0.286. The number of benzene rings is 2. The molecule has 2 aromatic rings. The van der Waals surface area contributed by atoms with Crippen molar-refractivity contribution in [1.29, 1.82) is 0 Å². The molecule has 6 heteroatoms. The summed E-state index contributed by atoms with van der Waals surface area (Å²) in [6, 6.07) is 12.3. The molecular weight excluding hydrogens is 344 g/mol. The Bertz CT molecular complexity index is 846. The van der Waals surface area contributed by atoms with Crippen LogP contribution >= 0.6 is 0 Å². The number of carbonyl (C=O) groups is 3. The van der Waals surface area contributed by atoms with Gasteiger partial charge in [0.2, 0.25) is 11.8 Å². The molecule has 0 heterocycles. The molecule has 142 valence electrons. The summed E-state index contributed by atoms with van der Waals surface area (Å²) >= 11 is 0. The summed E-state index contributed by atoms with van der Waals surface area (Å²) in [5, 5.41) is 5.42. The zero-order valence-electron chi connectivity index (χ0n) is 15.8. The van der Waals surface area contributed by atoms with E-state index in [1.165, 1.54) is 0 Å². The number of amides is 2. The molecule has 0 bridgehead atoms. The highest BCUT2D eigenvalue weighted by Gasteiger charge is 2.17. The Morgan fingerprint density at radius 2 is 1.63 bits per heavy atom. The van der Waals surface area contributed by atoms with Crippen LogP contribution in [0.1, 0.15) is 41.8 Å². The summed E-state index contributed by atoms with van der Waals surface area (Å²) in [5.74, 6) is -1.44. The maximum absolute atomic E-state index is 12.3. The summed E-state index contributed by atoms with van der Waals surface area (Å²) in [5.41, 5.74) is 3.26. The van der Waals surface area contributed by atoms with Gasteiger partial charge in [0.05, 0.1) is 17.9 Å². The van der Waals surface area contributed by atoms with E-state index in [-0.39, 0.29) is 18.6 Å². The molecule has 2 aromatic carbocycles. The Labute approximate surface area is 158 Å². The number of ether oxygens (including phenoxy) is 1. The van der Waals surface area contributed by atoms with E-state index in [2.05, 4.69) is 10.6 Å². The van der Waals surface area contributed by atoms with E-state index in [4.69, 9.17) is 4.74 Å². The van der Waals surface area contributed by atoms with Gasteiger partial charge in [-0.1, -0.05) is 37.3 Å². The fourth-order valence-electron chi connectivity index (χ4n) is 2.70.